The Hall–Kier alpha value is -2.15. The summed E-state index contributed by atoms with van der Waals surface area (Å²) in [6, 6.07) is 10.5. The molecule has 1 amide bonds. The first-order chi connectivity index (χ1) is 10.8. The molecule has 1 aromatic carbocycles. The fraction of sp³-hybridized carbons (Fsp3) is 0.375. The van der Waals surface area contributed by atoms with Crippen LogP contribution in [0.5, 0.6) is 0 Å². The molecule has 23 heavy (non-hydrogen) atoms. The molecule has 0 N–H and O–H groups in total. The van der Waals surface area contributed by atoms with Crippen LogP contribution < -0.4 is 0 Å². The Kier molecular flexibility index (Phi) is 5.20. The summed E-state index contributed by atoms with van der Waals surface area (Å²) in [5.74, 6) is 0.0750. The zero-order valence-corrected chi connectivity index (χ0v) is 14.2. The molecule has 0 fully saturated rings. The van der Waals surface area contributed by atoms with E-state index in [1.165, 1.54) is 4.90 Å². The molecule has 0 unspecified atom stereocenters. The maximum atomic E-state index is 12.6. The van der Waals surface area contributed by atoms with Crippen LogP contribution in [0.1, 0.15) is 24.3 Å². The van der Waals surface area contributed by atoms with E-state index in [-0.39, 0.29) is 17.4 Å². The molecule has 0 saturated carbocycles. The van der Waals surface area contributed by atoms with E-state index in [9.17, 15) is 13.2 Å². The van der Waals surface area contributed by atoms with Gasteiger partial charge in [0.15, 0.2) is 11.5 Å². The van der Waals surface area contributed by atoms with E-state index in [0.29, 0.717) is 12.3 Å². The van der Waals surface area contributed by atoms with E-state index in [4.69, 9.17) is 4.52 Å². The van der Waals surface area contributed by atoms with E-state index in [2.05, 4.69) is 5.16 Å². The molecule has 124 valence electrons. The zero-order valence-electron chi connectivity index (χ0n) is 13.4. The van der Waals surface area contributed by atoms with Gasteiger partial charge in [0.2, 0.25) is 0 Å². The summed E-state index contributed by atoms with van der Waals surface area (Å²) in [4.78, 5) is 14.0. The van der Waals surface area contributed by atoms with E-state index in [0.717, 1.165) is 11.8 Å². The average molecular weight is 336 g/mol. The van der Waals surface area contributed by atoms with Crippen molar-refractivity contribution in [2.24, 2.45) is 0 Å². The second-order valence-corrected chi connectivity index (χ2v) is 7.66. The number of hydrogen-bond acceptors (Lipinski definition) is 5. The lowest BCUT2D eigenvalue weighted by Crippen LogP contribution is -2.42. The number of carbonyl (C=O) groups excluding carboxylic acids is 1. The highest BCUT2D eigenvalue weighted by Crippen LogP contribution is 2.21. The van der Waals surface area contributed by atoms with E-state index < -0.39 is 15.9 Å². The molecule has 0 spiro atoms. The van der Waals surface area contributed by atoms with Gasteiger partial charge < -0.3 is 9.42 Å². The molecule has 2 rings (SSSR count). The third kappa shape index (κ3) is 4.41. The Morgan fingerprint density at radius 1 is 1.30 bits per heavy atom. The quantitative estimate of drug-likeness (QED) is 0.808. The van der Waals surface area contributed by atoms with Crippen molar-refractivity contribution in [3.05, 3.63) is 42.1 Å². The summed E-state index contributed by atoms with van der Waals surface area (Å²) >= 11 is 0. The molecule has 7 heteroatoms. The number of nitrogens with zero attached hydrogens (tertiary/aromatic N) is 2. The third-order valence-electron chi connectivity index (χ3n) is 3.47. The van der Waals surface area contributed by atoms with Crippen molar-refractivity contribution in [1.82, 2.24) is 10.1 Å². The van der Waals surface area contributed by atoms with Crippen molar-refractivity contribution < 1.29 is 17.7 Å². The topological polar surface area (TPSA) is 80.5 Å². The number of benzene rings is 1. The van der Waals surface area contributed by atoms with Gasteiger partial charge in [-0.3, -0.25) is 4.79 Å². The summed E-state index contributed by atoms with van der Waals surface area (Å²) in [5, 5.41) is 3.82. The molecule has 0 aliphatic rings. The smallest absolute Gasteiger partial charge is 0.276 e. The van der Waals surface area contributed by atoms with Crippen LogP contribution in [0.25, 0.3) is 11.3 Å². The normalized spacial score (nSPS) is 12.8. The maximum absolute atomic E-state index is 12.6. The maximum Gasteiger partial charge on any atom is 0.276 e. The number of carbonyl (C=O) groups is 1. The fourth-order valence-electron chi connectivity index (χ4n) is 2.45. The Morgan fingerprint density at radius 2 is 1.96 bits per heavy atom. The Bertz CT molecular complexity index is 768. The minimum absolute atomic E-state index is 0.0873. The van der Waals surface area contributed by atoms with Crippen molar-refractivity contribution in [2.75, 3.05) is 18.6 Å². The van der Waals surface area contributed by atoms with E-state index in [1.54, 1.807) is 19.9 Å². The monoisotopic (exact) mass is 336 g/mol. The minimum Gasteiger partial charge on any atom is -0.355 e. The molecule has 1 heterocycles. The Balaban J connectivity index is 2.20. The minimum atomic E-state index is -3.17. The van der Waals surface area contributed by atoms with Crippen molar-refractivity contribution >= 4 is 15.7 Å². The van der Waals surface area contributed by atoms with Crippen molar-refractivity contribution in [3.8, 4) is 11.3 Å². The number of hydrogen-bond donors (Lipinski definition) is 0. The second kappa shape index (κ2) is 6.95. The molecule has 6 nitrogen and oxygen atoms in total. The second-order valence-electron chi connectivity index (χ2n) is 5.48. The summed E-state index contributed by atoms with van der Waals surface area (Å²) in [6.45, 7) is 3.90. The largest absolute Gasteiger partial charge is 0.355 e. The molecule has 0 bridgehead atoms. The molecular weight excluding hydrogens is 316 g/mol. The van der Waals surface area contributed by atoms with Gasteiger partial charge in [-0.25, -0.2) is 8.42 Å². The van der Waals surface area contributed by atoms with Crippen molar-refractivity contribution in [2.45, 2.75) is 19.9 Å². The van der Waals surface area contributed by atoms with Crippen molar-refractivity contribution in [3.63, 3.8) is 0 Å². The lowest BCUT2D eigenvalue weighted by molar-refractivity contribution is 0.0708. The van der Waals surface area contributed by atoms with Gasteiger partial charge in [-0.05, 0) is 13.8 Å². The summed E-state index contributed by atoms with van der Waals surface area (Å²) < 4.78 is 28.1. The molecule has 1 aromatic heterocycles. The first-order valence-electron chi connectivity index (χ1n) is 7.32. The first-order valence-corrected chi connectivity index (χ1v) is 9.38. The highest BCUT2D eigenvalue weighted by atomic mass is 32.2. The van der Waals surface area contributed by atoms with Crippen LogP contribution in [0.4, 0.5) is 0 Å². The van der Waals surface area contributed by atoms with Crippen LogP contribution in [0, 0.1) is 0 Å². The molecule has 1 atom stereocenters. The first kappa shape index (κ1) is 17.2. The number of aromatic nitrogens is 1. The van der Waals surface area contributed by atoms with Gasteiger partial charge in [0.05, 0.1) is 5.75 Å². The van der Waals surface area contributed by atoms with E-state index in [1.807, 2.05) is 30.3 Å². The van der Waals surface area contributed by atoms with Crippen LogP contribution >= 0.6 is 0 Å². The van der Waals surface area contributed by atoms with E-state index >= 15 is 0 Å². The van der Waals surface area contributed by atoms with Crippen LogP contribution in [-0.4, -0.2) is 49.0 Å². The highest BCUT2D eigenvalue weighted by molar-refractivity contribution is 7.90. The van der Waals surface area contributed by atoms with Crippen LogP contribution in [0.3, 0.4) is 0 Å². The van der Waals surface area contributed by atoms with Gasteiger partial charge in [0.1, 0.15) is 9.84 Å². The predicted octanol–water partition coefficient (Wildman–Crippen LogP) is 2.24. The van der Waals surface area contributed by atoms with Crippen LogP contribution in [-0.2, 0) is 9.84 Å². The Labute approximate surface area is 136 Å². The molecule has 0 aliphatic heterocycles. The lowest BCUT2D eigenvalue weighted by atomic mass is 10.1. The summed E-state index contributed by atoms with van der Waals surface area (Å²) in [6.07, 6.45) is 1.16. The Morgan fingerprint density at radius 3 is 2.52 bits per heavy atom. The molecule has 0 saturated heterocycles. The molecule has 2 aromatic rings. The van der Waals surface area contributed by atoms with Crippen LogP contribution in [0.15, 0.2) is 40.9 Å². The lowest BCUT2D eigenvalue weighted by Gasteiger charge is -2.26. The summed E-state index contributed by atoms with van der Waals surface area (Å²) in [5.41, 5.74) is 0.998. The van der Waals surface area contributed by atoms with Crippen LogP contribution in [0.2, 0.25) is 0 Å². The third-order valence-corrected chi connectivity index (χ3v) is 4.55. The SMILES string of the molecule is CCN(C(=O)c1cc(-c2ccccc2)on1)[C@@H](C)CS(C)(=O)=O. The van der Waals surface area contributed by atoms with Gasteiger partial charge in [0, 0.05) is 30.5 Å². The molecule has 0 aliphatic carbocycles. The van der Waals surface area contributed by atoms with Gasteiger partial charge in [-0.2, -0.15) is 0 Å². The average Bonchev–Trinajstić information content (AvgIpc) is 2.96. The highest BCUT2D eigenvalue weighted by Gasteiger charge is 2.25. The number of rotatable bonds is 6. The molecular formula is C16H20N2O4S. The standard InChI is InChI=1S/C16H20N2O4S/c1-4-18(12(2)11-23(3,20)21)16(19)14-10-15(22-17-14)13-8-6-5-7-9-13/h5-10,12H,4,11H2,1-3H3/t12-/m0/s1. The zero-order chi connectivity index (χ0) is 17.0. The van der Waals surface area contributed by atoms with Crippen molar-refractivity contribution in [1.29, 1.82) is 0 Å². The van der Waals surface area contributed by atoms with Gasteiger partial charge in [0.25, 0.3) is 5.91 Å². The van der Waals surface area contributed by atoms with Gasteiger partial charge >= 0.3 is 0 Å². The van der Waals surface area contributed by atoms with Gasteiger partial charge in [-0.1, -0.05) is 35.5 Å². The number of sulfone groups is 1. The van der Waals surface area contributed by atoms with Gasteiger partial charge in [-0.15, -0.1) is 0 Å². The molecule has 0 radical (unpaired) electrons. The number of amides is 1. The fourth-order valence-corrected chi connectivity index (χ4v) is 3.50. The summed E-state index contributed by atoms with van der Waals surface area (Å²) in [7, 11) is -3.17. The predicted molar refractivity (Wildman–Crippen MR) is 87.8 cm³/mol.